The fourth-order valence-electron chi connectivity index (χ4n) is 2.80. The van der Waals surface area contributed by atoms with Crippen molar-refractivity contribution >= 4 is 0 Å². The fourth-order valence-corrected chi connectivity index (χ4v) is 2.80. The second kappa shape index (κ2) is 3.44. The first kappa shape index (κ1) is 12.9. The van der Waals surface area contributed by atoms with Gasteiger partial charge < -0.3 is 10.9 Å². The van der Waals surface area contributed by atoms with Gasteiger partial charge in [-0.3, -0.25) is 0 Å². The van der Waals surface area contributed by atoms with Gasteiger partial charge in [0.1, 0.15) is 0 Å². The van der Waals surface area contributed by atoms with Gasteiger partial charge in [0.05, 0.1) is 0 Å². The summed E-state index contributed by atoms with van der Waals surface area (Å²) < 4.78 is 0. The zero-order chi connectivity index (χ0) is 12.1. The highest BCUT2D eigenvalue weighted by atomic mass is 16.5. The number of rotatable bonds is 1. The van der Waals surface area contributed by atoms with Crippen molar-refractivity contribution in [1.82, 2.24) is 5.06 Å². The number of hydroxylamine groups is 2. The van der Waals surface area contributed by atoms with Gasteiger partial charge >= 0.3 is 0 Å². The van der Waals surface area contributed by atoms with Gasteiger partial charge in [-0.15, -0.1) is 0 Å². The highest BCUT2D eigenvalue weighted by molar-refractivity contribution is 5.01. The molecule has 0 amide bonds. The minimum Gasteiger partial charge on any atom is -0.325 e. The van der Waals surface area contributed by atoms with Crippen molar-refractivity contribution in [2.75, 3.05) is 0 Å². The maximum absolute atomic E-state index is 10.1. The Labute approximate surface area is 93.6 Å². The van der Waals surface area contributed by atoms with Gasteiger partial charge in [0.2, 0.25) is 0 Å². The molecule has 0 aromatic carbocycles. The first-order valence-electron chi connectivity index (χ1n) is 5.75. The van der Waals surface area contributed by atoms with E-state index in [-0.39, 0.29) is 16.6 Å². The third-order valence-electron chi connectivity index (χ3n) is 3.69. The lowest BCUT2D eigenvalue weighted by Gasteiger charge is -2.54. The molecular formula is C12H26N2O. The van der Waals surface area contributed by atoms with E-state index in [1.165, 1.54) is 5.06 Å². The Morgan fingerprint density at radius 1 is 1.13 bits per heavy atom. The van der Waals surface area contributed by atoms with Crippen LogP contribution in [0.3, 0.4) is 0 Å². The second-order valence-corrected chi connectivity index (χ2v) is 6.86. The zero-order valence-electron chi connectivity index (χ0n) is 11.0. The summed E-state index contributed by atoms with van der Waals surface area (Å²) in [5, 5.41) is 11.6. The van der Waals surface area contributed by atoms with E-state index in [1.54, 1.807) is 0 Å². The van der Waals surface area contributed by atoms with Crippen molar-refractivity contribution in [3.8, 4) is 0 Å². The highest BCUT2D eigenvalue weighted by Gasteiger charge is 2.47. The smallest absolute Gasteiger partial charge is 0.0413 e. The maximum atomic E-state index is 10.1. The molecule has 1 saturated heterocycles. The third kappa shape index (κ3) is 2.52. The monoisotopic (exact) mass is 214 g/mol. The van der Waals surface area contributed by atoms with Crippen LogP contribution in [0.2, 0.25) is 0 Å². The van der Waals surface area contributed by atoms with E-state index < -0.39 is 0 Å². The number of nitrogens with two attached hydrogens (primary N) is 1. The Morgan fingerprint density at radius 3 is 1.73 bits per heavy atom. The summed E-state index contributed by atoms with van der Waals surface area (Å²) >= 11 is 0. The van der Waals surface area contributed by atoms with Gasteiger partial charge in [-0.1, -0.05) is 0 Å². The van der Waals surface area contributed by atoms with E-state index in [1.807, 2.05) is 0 Å². The number of hydrogen-bond donors (Lipinski definition) is 2. The Bertz CT molecular complexity index is 222. The standard InChI is InChI=1S/C12H26N2O/c1-10(2)7-9(12(5,6)13)8-11(3,4)14(10)15/h9,15H,7-8,13H2,1-6H3. The molecule has 0 saturated carbocycles. The fraction of sp³-hybridized carbons (Fsp3) is 1.00. The molecule has 15 heavy (non-hydrogen) atoms. The molecular weight excluding hydrogens is 188 g/mol. The molecule has 0 aromatic rings. The maximum Gasteiger partial charge on any atom is 0.0413 e. The predicted octanol–water partition coefficient (Wildman–Crippen LogP) is 2.38. The molecule has 0 atom stereocenters. The quantitative estimate of drug-likeness (QED) is 0.704. The van der Waals surface area contributed by atoms with Crippen LogP contribution in [-0.2, 0) is 0 Å². The van der Waals surface area contributed by atoms with Gasteiger partial charge in [-0.2, -0.15) is 5.06 Å². The van der Waals surface area contributed by atoms with E-state index in [4.69, 9.17) is 5.73 Å². The highest BCUT2D eigenvalue weighted by Crippen LogP contribution is 2.43. The van der Waals surface area contributed by atoms with Crippen LogP contribution in [0.1, 0.15) is 54.4 Å². The number of hydrogen-bond acceptors (Lipinski definition) is 3. The van der Waals surface area contributed by atoms with Crippen molar-refractivity contribution in [3.63, 3.8) is 0 Å². The van der Waals surface area contributed by atoms with Crippen LogP contribution in [0.5, 0.6) is 0 Å². The lowest BCUT2D eigenvalue weighted by atomic mass is 9.68. The molecule has 1 aliphatic heterocycles. The summed E-state index contributed by atoms with van der Waals surface area (Å²) in [5.74, 6) is 0.450. The molecule has 0 aliphatic carbocycles. The second-order valence-electron chi connectivity index (χ2n) is 6.86. The summed E-state index contributed by atoms with van der Waals surface area (Å²) in [5.41, 5.74) is 5.64. The molecule has 0 aromatic heterocycles. The van der Waals surface area contributed by atoms with Gasteiger partial charge in [0.15, 0.2) is 0 Å². The van der Waals surface area contributed by atoms with Gasteiger partial charge in [0.25, 0.3) is 0 Å². The molecule has 0 unspecified atom stereocenters. The van der Waals surface area contributed by atoms with E-state index in [0.717, 1.165) is 12.8 Å². The van der Waals surface area contributed by atoms with Crippen molar-refractivity contribution in [1.29, 1.82) is 0 Å². The average Bonchev–Trinajstić information content (AvgIpc) is 1.97. The summed E-state index contributed by atoms with van der Waals surface area (Å²) in [7, 11) is 0. The van der Waals surface area contributed by atoms with E-state index in [0.29, 0.717) is 5.92 Å². The molecule has 1 fully saturated rings. The molecule has 0 spiro atoms. The van der Waals surface area contributed by atoms with Crippen molar-refractivity contribution in [2.45, 2.75) is 71.0 Å². The van der Waals surface area contributed by atoms with Crippen molar-refractivity contribution in [2.24, 2.45) is 11.7 Å². The van der Waals surface area contributed by atoms with Crippen LogP contribution in [0.25, 0.3) is 0 Å². The van der Waals surface area contributed by atoms with Crippen LogP contribution < -0.4 is 5.73 Å². The first-order valence-corrected chi connectivity index (χ1v) is 5.75. The van der Waals surface area contributed by atoms with Gasteiger partial charge in [-0.25, -0.2) is 0 Å². The van der Waals surface area contributed by atoms with Crippen LogP contribution in [0, 0.1) is 5.92 Å². The van der Waals surface area contributed by atoms with Crippen LogP contribution in [0.15, 0.2) is 0 Å². The van der Waals surface area contributed by atoms with Gasteiger partial charge in [-0.05, 0) is 60.3 Å². The molecule has 3 nitrogen and oxygen atoms in total. The van der Waals surface area contributed by atoms with E-state index >= 15 is 0 Å². The Balaban J connectivity index is 2.94. The summed E-state index contributed by atoms with van der Waals surface area (Å²) in [6.07, 6.45) is 1.88. The predicted molar refractivity (Wildman–Crippen MR) is 62.8 cm³/mol. The summed E-state index contributed by atoms with van der Waals surface area (Å²) in [6, 6.07) is 0. The number of piperidine rings is 1. The molecule has 1 rings (SSSR count). The molecule has 90 valence electrons. The number of nitrogens with zero attached hydrogens (tertiary/aromatic N) is 1. The van der Waals surface area contributed by atoms with Crippen molar-refractivity contribution < 1.29 is 5.21 Å². The van der Waals surface area contributed by atoms with Gasteiger partial charge in [0, 0.05) is 16.6 Å². The van der Waals surface area contributed by atoms with E-state index in [9.17, 15) is 5.21 Å². The Hall–Kier alpha value is -0.120. The normalized spacial score (nSPS) is 28.0. The Morgan fingerprint density at radius 2 is 1.47 bits per heavy atom. The average molecular weight is 214 g/mol. The first-order chi connectivity index (χ1) is 6.47. The lowest BCUT2D eigenvalue weighted by molar-refractivity contribution is -0.254. The molecule has 0 radical (unpaired) electrons. The summed E-state index contributed by atoms with van der Waals surface area (Å²) in [4.78, 5) is 0. The van der Waals surface area contributed by atoms with Crippen LogP contribution in [0.4, 0.5) is 0 Å². The zero-order valence-corrected chi connectivity index (χ0v) is 11.0. The van der Waals surface area contributed by atoms with Crippen LogP contribution in [-0.4, -0.2) is 26.9 Å². The summed E-state index contributed by atoms with van der Waals surface area (Å²) in [6.45, 7) is 12.5. The lowest BCUT2D eigenvalue weighted by Crippen LogP contribution is -2.62. The minimum absolute atomic E-state index is 0.171. The molecule has 0 bridgehead atoms. The molecule has 3 heteroatoms. The minimum atomic E-state index is -0.191. The topological polar surface area (TPSA) is 49.5 Å². The SMILES string of the molecule is CC(C)(N)C1CC(C)(C)N(O)C(C)(C)C1. The Kier molecular flexibility index (Phi) is 2.97. The van der Waals surface area contributed by atoms with E-state index in [2.05, 4.69) is 41.5 Å². The largest absolute Gasteiger partial charge is 0.325 e. The molecule has 1 heterocycles. The van der Waals surface area contributed by atoms with Crippen LogP contribution >= 0.6 is 0 Å². The molecule has 1 aliphatic rings. The third-order valence-corrected chi connectivity index (χ3v) is 3.69. The van der Waals surface area contributed by atoms with Crippen molar-refractivity contribution in [3.05, 3.63) is 0 Å². The molecule has 3 N–H and O–H groups in total.